The minimum absolute atomic E-state index is 0.746. The standard InChI is InChI=1S/C92H166N4/c1-17-21-25-71-49-63(9)89(64(10)50-71)93(75-37-29-59(5)30-38-75)83-57-84(94(76-39-31-60(6)32-40-76)90-65(11)51-72(26-22-18-2)52-66(90)12)80-47-48-82-86(96(78-43-35-62(8)36-44-78)92-69(15)55-74(28-24-20-4)56-70(92)16)58-85(81-46-45-79(83)87(80)88(81)82)95(77-41-33-61(7)34-42-77)91-67(13)53-73(27-23-19-3)54-68(91)14/h59-92H,17-58H2,1-16H3. The molecule has 12 rings (SSSR count). The van der Waals surface area contributed by atoms with Gasteiger partial charge in [-0.15, -0.1) is 0 Å². The Morgan fingerprint density at radius 3 is 0.562 bits per heavy atom. The minimum atomic E-state index is 0.746. The Hall–Kier alpha value is -0.160. The normalized spacial score (nSPS) is 48.9. The first kappa shape index (κ1) is 75.5. The predicted molar refractivity (Wildman–Crippen MR) is 414 cm³/mol. The Kier molecular flexibility index (Phi) is 27.1. The van der Waals surface area contributed by atoms with Crippen LogP contribution in [0.25, 0.3) is 0 Å². The van der Waals surface area contributed by atoms with Gasteiger partial charge < -0.3 is 0 Å². The van der Waals surface area contributed by atoms with Gasteiger partial charge in [0.25, 0.3) is 0 Å². The molecule has 96 heavy (non-hydrogen) atoms. The first-order valence-electron chi connectivity index (χ1n) is 45.5. The van der Waals surface area contributed by atoms with E-state index < -0.39 is 0 Å². The van der Waals surface area contributed by atoms with Crippen molar-refractivity contribution in [3.8, 4) is 0 Å². The van der Waals surface area contributed by atoms with E-state index in [1.807, 2.05) is 0 Å². The van der Waals surface area contributed by atoms with Crippen LogP contribution in [0.1, 0.15) is 380 Å². The van der Waals surface area contributed by atoms with Crippen molar-refractivity contribution in [3.63, 3.8) is 0 Å². The van der Waals surface area contributed by atoms with E-state index in [2.05, 4.69) is 130 Å². The lowest BCUT2D eigenvalue weighted by molar-refractivity contribution is -0.207. The van der Waals surface area contributed by atoms with E-state index >= 15 is 0 Å². The van der Waals surface area contributed by atoms with Crippen LogP contribution in [0.15, 0.2) is 0 Å². The summed E-state index contributed by atoms with van der Waals surface area (Å²) in [6.45, 7) is 43.4. The topological polar surface area (TPSA) is 13.0 Å². The van der Waals surface area contributed by atoms with Gasteiger partial charge in [0, 0.05) is 72.5 Å². The van der Waals surface area contributed by atoms with Crippen LogP contribution >= 0.6 is 0 Å². The summed E-state index contributed by atoms with van der Waals surface area (Å²) < 4.78 is 0. The zero-order chi connectivity index (χ0) is 67.6. The number of hydrogen-bond donors (Lipinski definition) is 0. The quantitative estimate of drug-likeness (QED) is 0.0955. The lowest BCUT2D eigenvalue weighted by atomic mass is 9.44. The molecule has 0 bridgehead atoms. The summed E-state index contributed by atoms with van der Waals surface area (Å²) in [5.74, 6) is 19.0. The molecule has 0 aliphatic heterocycles. The second kappa shape index (κ2) is 34.4. The third-order valence-corrected chi connectivity index (χ3v) is 33.7. The molecule has 0 heterocycles. The highest BCUT2D eigenvalue weighted by Gasteiger charge is 2.66. The Morgan fingerprint density at radius 1 is 0.219 bits per heavy atom. The number of rotatable bonds is 24. The highest BCUT2D eigenvalue weighted by atomic mass is 15.3. The summed E-state index contributed by atoms with van der Waals surface area (Å²) in [5.41, 5.74) is 0. The van der Waals surface area contributed by atoms with Crippen LogP contribution in [0.4, 0.5) is 0 Å². The summed E-state index contributed by atoms with van der Waals surface area (Å²) in [7, 11) is 0. The van der Waals surface area contributed by atoms with Gasteiger partial charge in [-0.3, -0.25) is 19.6 Å². The van der Waals surface area contributed by atoms with Gasteiger partial charge in [-0.1, -0.05) is 188 Å². The van der Waals surface area contributed by atoms with Crippen molar-refractivity contribution in [1.29, 1.82) is 0 Å². The van der Waals surface area contributed by atoms with Gasteiger partial charge >= 0.3 is 0 Å². The molecule has 16 unspecified atom stereocenters. The fraction of sp³-hybridized carbons (Fsp3) is 1.00. The Labute approximate surface area is 599 Å². The third-order valence-electron chi connectivity index (χ3n) is 33.7. The highest BCUT2D eigenvalue weighted by Crippen LogP contribution is 2.66. The predicted octanol–water partition coefficient (Wildman–Crippen LogP) is 25.0. The van der Waals surface area contributed by atoms with E-state index in [0.717, 1.165) is 203 Å². The van der Waals surface area contributed by atoms with Gasteiger partial charge in [-0.2, -0.15) is 0 Å². The zero-order valence-electron chi connectivity index (χ0n) is 67.1. The average molecular weight is 1330 g/mol. The van der Waals surface area contributed by atoms with Crippen LogP contribution in [0.2, 0.25) is 0 Å². The van der Waals surface area contributed by atoms with Gasteiger partial charge in [-0.05, 0) is 323 Å². The summed E-state index contributed by atoms with van der Waals surface area (Å²) in [6.07, 6.45) is 62.1. The van der Waals surface area contributed by atoms with Crippen LogP contribution in [0.3, 0.4) is 0 Å². The SMILES string of the molecule is CCCCC1CC(C)C(N(C2CCC(C)CC2)C2CC(N(C3CCC(C)CC3)C3C(C)CC(CCCC)CC3C)C3CCC4C5C(CCC2C35)C(N(C2CCC(C)CC2)C2C(C)CC(CCCC)CC2C)CC4N(C2CCC(C)CC2)C2C(C)CC(CCCC)CC2C)C(C)C1. The van der Waals surface area contributed by atoms with Crippen molar-refractivity contribution in [3.05, 3.63) is 0 Å². The molecule has 12 aliphatic rings. The minimum Gasteiger partial charge on any atom is -0.294 e. The van der Waals surface area contributed by atoms with Gasteiger partial charge in [0.15, 0.2) is 0 Å². The molecule has 12 saturated carbocycles. The first-order chi connectivity index (χ1) is 46.4. The lowest BCUT2D eigenvalue weighted by Crippen LogP contribution is -2.73. The summed E-state index contributed by atoms with van der Waals surface area (Å²) >= 11 is 0. The average Bonchev–Trinajstić information content (AvgIpc) is 0.699. The molecule has 12 fully saturated rings. The number of unbranched alkanes of at least 4 members (excludes halogenated alkanes) is 4. The van der Waals surface area contributed by atoms with Gasteiger partial charge in [0.05, 0.1) is 0 Å². The number of nitrogens with zero attached hydrogens (tertiary/aromatic N) is 4. The van der Waals surface area contributed by atoms with Gasteiger partial charge in [0.1, 0.15) is 0 Å². The van der Waals surface area contributed by atoms with Crippen LogP contribution in [0.5, 0.6) is 0 Å². The molecule has 0 spiro atoms. The third kappa shape index (κ3) is 16.4. The number of hydrogen-bond acceptors (Lipinski definition) is 4. The molecule has 0 aromatic carbocycles. The molecule has 4 nitrogen and oxygen atoms in total. The molecular weight excluding hydrogens is 1160 g/mol. The second-order valence-corrected chi connectivity index (χ2v) is 40.8. The molecule has 0 aromatic rings. The van der Waals surface area contributed by atoms with E-state index in [1.54, 1.807) is 25.7 Å². The molecule has 0 radical (unpaired) electrons. The lowest BCUT2D eigenvalue weighted by Gasteiger charge is -2.70. The maximum Gasteiger partial charge on any atom is 0.0153 e. The Morgan fingerprint density at radius 2 is 0.396 bits per heavy atom. The van der Waals surface area contributed by atoms with Crippen molar-refractivity contribution in [2.45, 2.75) is 453 Å². The van der Waals surface area contributed by atoms with Crippen molar-refractivity contribution < 1.29 is 0 Å². The van der Waals surface area contributed by atoms with Crippen molar-refractivity contribution >= 4 is 0 Å². The molecule has 0 saturated heterocycles. The van der Waals surface area contributed by atoms with E-state index in [0.29, 0.717) is 0 Å². The second-order valence-electron chi connectivity index (χ2n) is 40.8. The molecule has 12 aliphatic carbocycles. The van der Waals surface area contributed by atoms with Crippen LogP contribution in [-0.4, -0.2) is 92.1 Å². The first-order valence-corrected chi connectivity index (χ1v) is 45.5. The monoisotopic (exact) mass is 1330 g/mol. The van der Waals surface area contributed by atoms with Gasteiger partial charge in [0.2, 0.25) is 0 Å². The molecular formula is C92H166N4. The summed E-state index contributed by atoms with van der Waals surface area (Å²) in [5, 5.41) is 0. The smallest absolute Gasteiger partial charge is 0.0153 e. The van der Waals surface area contributed by atoms with Crippen LogP contribution in [0, 0.1) is 130 Å². The van der Waals surface area contributed by atoms with E-state index in [-0.39, 0.29) is 0 Å². The maximum atomic E-state index is 3.67. The van der Waals surface area contributed by atoms with Crippen molar-refractivity contribution in [1.82, 2.24) is 19.6 Å². The van der Waals surface area contributed by atoms with Gasteiger partial charge in [-0.25, -0.2) is 0 Å². The largest absolute Gasteiger partial charge is 0.294 e. The van der Waals surface area contributed by atoms with E-state index in [1.165, 1.54) is 244 Å². The van der Waals surface area contributed by atoms with Crippen LogP contribution in [-0.2, 0) is 0 Å². The van der Waals surface area contributed by atoms with E-state index in [9.17, 15) is 0 Å². The molecule has 554 valence electrons. The fourth-order valence-electron chi connectivity index (χ4n) is 30.0. The Bertz CT molecular complexity index is 1910. The molecule has 0 N–H and O–H groups in total. The molecule has 0 amide bonds. The van der Waals surface area contributed by atoms with Crippen LogP contribution < -0.4 is 0 Å². The fourth-order valence-corrected chi connectivity index (χ4v) is 30.0. The Balaban J connectivity index is 1.04. The summed E-state index contributed by atoms with van der Waals surface area (Å²) in [6, 6.07) is 9.12. The molecule has 16 atom stereocenters. The summed E-state index contributed by atoms with van der Waals surface area (Å²) in [4.78, 5) is 14.7. The maximum absolute atomic E-state index is 3.67. The molecule has 4 heteroatoms. The zero-order valence-corrected chi connectivity index (χ0v) is 67.1. The van der Waals surface area contributed by atoms with Crippen molar-refractivity contribution in [2.24, 2.45) is 130 Å². The molecule has 0 aromatic heterocycles. The highest BCUT2D eigenvalue weighted by molar-refractivity contribution is 5.18. The van der Waals surface area contributed by atoms with E-state index in [4.69, 9.17) is 0 Å². The van der Waals surface area contributed by atoms with Crippen molar-refractivity contribution in [2.75, 3.05) is 0 Å².